The monoisotopic (exact) mass is 400 g/mol. The normalized spacial score (nSPS) is 17.2. The lowest BCUT2D eigenvalue weighted by Gasteiger charge is -2.14. The molecular weight excluding hydrogens is 381 g/mol. The Morgan fingerprint density at radius 2 is 1.85 bits per heavy atom. The smallest absolute Gasteiger partial charge is 0.433 e. The third-order valence-corrected chi connectivity index (χ3v) is 6.20. The van der Waals surface area contributed by atoms with Gasteiger partial charge in [0.15, 0.2) is 0 Å². The lowest BCUT2D eigenvalue weighted by atomic mass is 10.1. The Balaban J connectivity index is 1.73. The third kappa shape index (κ3) is 4.59. The molecule has 1 unspecified atom stereocenters. The lowest BCUT2D eigenvalue weighted by molar-refractivity contribution is -0.141. The van der Waals surface area contributed by atoms with E-state index >= 15 is 0 Å². The summed E-state index contributed by atoms with van der Waals surface area (Å²) >= 11 is 0. The van der Waals surface area contributed by atoms with Gasteiger partial charge in [-0.2, -0.15) is 13.2 Å². The number of nitrogens with one attached hydrogen (secondary N) is 1. The number of benzene rings is 1. The van der Waals surface area contributed by atoms with Gasteiger partial charge in [-0.3, -0.25) is 0 Å². The van der Waals surface area contributed by atoms with Crippen LogP contribution in [0.1, 0.15) is 30.7 Å². The second-order valence-corrected chi connectivity index (χ2v) is 8.98. The molecule has 1 aliphatic rings. The Bertz CT molecular complexity index is 943. The van der Waals surface area contributed by atoms with Gasteiger partial charge in [-0.15, -0.1) is 0 Å². The number of hydrogen-bond donors (Lipinski definition) is 1. The molecule has 27 heavy (non-hydrogen) atoms. The van der Waals surface area contributed by atoms with Gasteiger partial charge >= 0.3 is 6.18 Å². The van der Waals surface area contributed by atoms with Crippen molar-refractivity contribution in [2.24, 2.45) is 0 Å². The van der Waals surface area contributed by atoms with Crippen molar-refractivity contribution in [2.75, 3.05) is 0 Å². The second kappa shape index (κ2) is 7.12. The molecule has 0 spiro atoms. The fourth-order valence-corrected chi connectivity index (χ4v) is 3.76. The van der Waals surface area contributed by atoms with Crippen LogP contribution in [0.2, 0.25) is 0 Å². The van der Waals surface area contributed by atoms with Crippen LogP contribution in [0, 0.1) is 0 Å². The van der Waals surface area contributed by atoms with Gasteiger partial charge in [0.25, 0.3) is 0 Å². The highest BCUT2D eigenvalue weighted by Crippen LogP contribution is 2.32. The van der Waals surface area contributed by atoms with Gasteiger partial charge in [0.05, 0.1) is 5.25 Å². The molecule has 1 aromatic carbocycles. The van der Waals surface area contributed by atoms with Gasteiger partial charge in [-0.25, -0.2) is 18.1 Å². The summed E-state index contributed by atoms with van der Waals surface area (Å²) < 4.78 is 70.4. The first-order valence-electron chi connectivity index (χ1n) is 8.39. The van der Waals surface area contributed by atoms with E-state index in [2.05, 4.69) is 9.71 Å². The molecule has 0 saturated heterocycles. The van der Waals surface area contributed by atoms with E-state index in [4.69, 9.17) is 4.74 Å². The summed E-state index contributed by atoms with van der Waals surface area (Å²) in [4.78, 5) is 3.48. The maximum absolute atomic E-state index is 12.7. The number of sulfonamides is 1. The van der Waals surface area contributed by atoms with E-state index in [0.717, 1.165) is 17.2 Å². The number of nitrogens with zero attached hydrogens (tertiary/aromatic N) is 1. The number of fused-ring (bicyclic) bond motifs is 1. The van der Waals surface area contributed by atoms with Crippen molar-refractivity contribution >= 4 is 10.0 Å². The standard InChI is InChI=1S/C18H19F3N2O3S/c1-11(2)27(24,25)23-14-8-12-6-7-15(10-13(12)9-14)26-17-5-3-4-16(22-17)18(19,20)21/h3-7,10-11,14,23H,8-9H2,1-2H3. The Labute approximate surface area is 155 Å². The molecule has 0 amide bonds. The van der Waals surface area contributed by atoms with Crippen LogP contribution < -0.4 is 9.46 Å². The van der Waals surface area contributed by atoms with Crippen molar-refractivity contribution in [3.05, 3.63) is 53.2 Å². The molecule has 0 fully saturated rings. The first kappa shape index (κ1) is 19.6. The summed E-state index contributed by atoms with van der Waals surface area (Å²) in [6, 6.07) is 8.36. The zero-order chi connectivity index (χ0) is 19.8. The topological polar surface area (TPSA) is 68.3 Å². The minimum Gasteiger partial charge on any atom is -0.439 e. The largest absolute Gasteiger partial charge is 0.439 e. The molecule has 3 rings (SSSR count). The van der Waals surface area contributed by atoms with E-state index in [0.29, 0.717) is 18.6 Å². The molecule has 146 valence electrons. The van der Waals surface area contributed by atoms with Crippen LogP contribution in [0.3, 0.4) is 0 Å². The SMILES string of the molecule is CC(C)S(=O)(=O)NC1Cc2ccc(Oc3cccc(C(F)(F)F)n3)cc2C1. The molecule has 5 nitrogen and oxygen atoms in total. The summed E-state index contributed by atoms with van der Waals surface area (Å²) in [5, 5.41) is -0.521. The highest BCUT2D eigenvalue weighted by atomic mass is 32.2. The predicted octanol–water partition coefficient (Wildman–Crippen LogP) is 3.69. The van der Waals surface area contributed by atoms with Crippen LogP contribution in [-0.4, -0.2) is 24.7 Å². The molecule has 9 heteroatoms. The van der Waals surface area contributed by atoms with Crippen LogP contribution in [0.15, 0.2) is 36.4 Å². The van der Waals surface area contributed by atoms with Gasteiger partial charge in [0.1, 0.15) is 11.4 Å². The molecule has 1 aliphatic carbocycles. The fourth-order valence-electron chi connectivity index (χ4n) is 2.86. The van der Waals surface area contributed by atoms with E-state index in [1.807, 2.05) is 0 Å². The van der Waals surface area contributed by atoms with Crippen molar-refractivity contribution in [1.29, 1.82) is 0 Å². The van der Waals surface area contributed by atoms with Crippen LogP contribution in [0.25, 0.3) is 0 Å². The highest BCUT2D eigenvalue weighted by molar-refractivity contribution is 7.90. The zero-order valence-electron chi connectivity index (χ0n) is 14.7. The number of alkyl halides is 3. The number of aromatic nitrogens is 1. The van der Waals surface area contributed by atoms with Crippen LogP contribution in [0.4, 0.5) is 13.2 Å². The molecule has 0 radical (unpaired) electrons. The average Bonchev–Trinajstić information content (AvgIpc) is 2.95. The van der Waals surface area contributed by atoms with Crippen molar-refractivity contribution in [3.8, 4) is 11.6 Å². The minimum absolute atomic E-state index is 0.153. The van der Waals surface area contributed by atoms with Crippen LogP contribution in [-0.2, 0) is 29.0 Å². The van der Waals surface area contributed by atoms with Crippen LogP contribution >= 0.6 is 0 Å². The van der Waals surface area contributed by atoms with Crippen molar-refractivity contribution < 1.29 is 26.3 Å². The van der Waals surface area contributed by atoms with E-state index < -0.39 is 27.1 Å². The van der Waals surface area contributed by atoms with Gasteiger partial charge in [-0.1, -0.05) is 12.1 Å². The average molecular weight is 400 g/mol. The van der Waals surface area contributed by atoms with Gasteiger partial charge in [0, 0.05) is 12.1 Å². The second-order valence-electron chi connectivity index (χ2n) is 6.71. The molecule has 0 aliphatic heterocycles. The molecule has 1 N–H and O–H groups in total. The van der Waals surface area contributed by atoms with Gasteiger partial charge in [-0.05, 0) is 56.0 Å². The maximum atomic E-state index is 12.7. The number of ether oxygens (including phenoxy) is 1. The molecule has 1 atom stereocenters. The molecule has 2 aromatic rings. The lowest BCUT2D eigenvalue weighted by Crippen LogP contribution is -2.39. The Morgan fingerprint density at radius 1 is 1.15 bits per heavy atom. The quantitative estimate of drug-likeness (QED) is 0.831. The Kier molecular flexibility index (Phi) is 5.18. The van der Waals surface area contributed by atoms with E-state index in [9.17, 15) is 21.6 Å². The fraction of sp³-hybridized carbons (Fsp3) is 0.389. The predicted molar refractivity (Wildman–Crippen MR) is 94.1 cm³/mol. The summed E-state index contributed by atoms with van der Waals surface area (Å²) in [6.45, 7) is 3.22. The van der Waals surface area contributed by atoms with Crippen molar-refractivity contribution in [1.82, 2.24) is 9.71 Å². The van der Waals surface area contributed by atoms with E-state index in [1.165, 1.54) is 12.1 Å². The Morgan fingerprint density at radius 3 is 2.52 bits per heavy atom. The molecule has 1 aromatic heterocycles. The van der Waals surface area contributed by atoms with Crippen LogP contribution in [0.5, 0.6) is 11.6 Å². The first-order chi connectivity index (χ1) is 12.5. The number of hydrogen-bond acceptors (Lipinski definition) is 4. The first-order valence-corrected chi connectivity index (χ1v) is 9.94. The molecule has 0 saturated carbocycles. The maximum Gasteiger partial charge on any atom is 0.433 e. The molecule has 1 heterocycles. The van der Waals surface area contributed by atoms with Gasteiger partial charge < -0.3 is 4.74 Å². The van der Waals surface area contributed by atoms with Gasteiger partial charge in [0.2, 0.25) is 15.9 Å². The third-order valence-electron chi connectivity index (χ3n) is 4.30. The number of halogens is 3. The summed E-state index contributed by atoms with van der Waals surface area (Å²) in [5.74, 6) is 0.202. The zero-order valence-corrected chi connectivity index (χ0v) is 15.6. The highest BCUT2D eigenvalue weighted by Gasteiger charge is 2.33. The van der Waals surface area contributed by atoms with Crippen molar-refractivity contribution in [2.45, 2.75) is 44.2 Å². The number of pyridine rings is 1. The number of rotatable bonds is 5. The Hall–Kier alpha value is -2.13. The minimum atomic E-state index is -4.54. The summed E-state index contributed by atoms with van der Waals surface area (Å²) in [7, 11) is -3.37. The summed E-state index contributed by atoms with van der Waals surface area (Å²) in [6.07, 6.45) is -3.49. The van der Waals surface area contributed by atoms with Crippen molar-refractivity contribution in [3.63, 3.8) is 0 Å². The molecular formula is C18H19F3N2O3S. The molecule has 0 bridgehead atoms. The van der Waals surface area contributed by atoms with E-state index in [-0.39, 0.29) is 11.9 Å². The summed E-state index contributed by atoms with van der Waals surface area (Å²) in [5.41, 5.74) is 0.857. The van der Waals surface area contributed by atoms with E-state index in [1.54, 1.807) is 32.0 Å².